The van der Waals surface area contributed by atoms with Crippen LogP contribution in [0.25, 0.3) is 0 Å². The summed E-state index contributed by atoms with van der Waals surface area (Å²) in [6.07, 6.45) is 3.20. The second-order valence-corrected chi connectivity index (χ2v) is 5.22. The van der Waals surface area contributed by atoms with E-state index in [0.717, 1.165) is 31.5 Å². The predicted octanol–water partition coefficient (Wildman–Crippen LogP) is 2.13. The summed E-state index contributed by atoms with van der Waals surface area (Å²) in [5.41, 5.74) is 0.809. The van der Waals surface area contributed by atoms with Gasteiger partial charge < -0.3 is 15.3 Å². The summed E-state index contributed by atoms with van der Waals surface area (Å²) >= 11 is 0. The van der Waals surface area contributed by atoms with E-state index in [4.69, 9.17) is 0 Å². The minimum atomic E-state index is -0.0856. The van der Waals surface area contributed by atoms with Crippen LogP contribution in [0.5, 0.6) is 5.75 Å². The minimum Gasteiger partial charge on any atom is -0.508 e. The first-order valence-corrected chi connectivity index (χ1v) is 6.91. The Morgan fingerprint density at radius 3 is 2.74 bits per heavy atom. The highest BCUT2D eigenvalue weighted by Crippen LogP contribution is 2.23. The van der Waals surface area contributed by atoms with Crippen molar-refractivity contribution in [1.82, 2.24) is 5.32 Å². The van der Waals surface area contributed by atoms with Crippen LogP contribution in [0.1, 0.15) is 26.2 Å². The van der Waals surface area contributed by atoms with Crippen molar-refractivity contribution < 1.29 is 9.90 Å². The number of aromatic hydroxyl groups is 1. The fourth-order valence-corrected chi connectivity index (χ4v) is 2.59. The second-order valence-electron chi connectivity index (χ2n) is 5.22. The molecule has 0 spiro atoms. The lowest BCUT2D eigenvalue weighted by atomic mass is 9.90. The van der Waals surface area contributed by atoms with Crippen molar-refractivity contribution in [1.29, 1.82) is 0 Å². The Kier molecular flexibility index (Phi) is 4.43. The van der Waals surface area contributed by atoms with Crippen LogP contribution in [-0.4, -0.2) is 30.6 Å². The molecule has 4 nitrogen and oxygen atoms in total. The van der Waals surface area contributed by atoms with Gasteiger partial charge in [0.25, 0.3) is 0 Å². The molecule has 1 fully saturated rings. The van der Waals surface area contributed by atoms with Crippen LogP contribution >= 0.6 is 0 Å². The second kappa shape index (κ2) is 6.06. The van der Waals surface area contributed by atoms with Gasteiger partial charge in [0.05, 0.1) is 6.04 Å². The van der Waals surface area contributed by atoms with E-state index in [1.54, 1.807) is 36.2 Å². The number of likely N-dealkylation sites (N-methyl/N-ethyl adjacent to an activating group) is 1. The molecule has 1 aliphatic rings. The SMILES string of the molecule is CCC1CCNC(C(=O)N(C)c2ccc(O)cc2)C1. The molecule has 0 aliphatic carbocycles. The molecular formula is C15H22N2O2. The molecule has 0 bridgehead atoms. The Morgan fingerprint density at radius 2 is 2.11 bits per heavy atom. The molecule has 19 heavy (non-hydrogen) atoms. The highest BCUT2D eigenvalue weighted by atomic mass is 16.3. The van der Waals surface area contributed by atoms with E-state index in [2.05, 4.69) is 12.2 Å². The number of anilines is 1. The maximum absolute atomic E-state index is 12.4. The Balaban J connectivity index is 2.04. The number of carbonyl (C=O) groups is 1. The Bertz CT molecular complexity index is 430. The lowest BCUT2D eigenvalue weighted by Gasteiger charge is -2.31. The number of amides is 1. The van der Waals surface area contributed by atoms with E-state index in [0.29, 0.717) is 5.92 Å². The van der Waals surface area contributed by atoms with Gasteiger partial charge in [0.1, 0.15) is 5.75 Å². The largest absolute Gasteiger partial charge is 0.508 e. The van der Waals surface area contributed by atoms with Crippen LogP contribution in [0.4, 0.5) is 5.69 Å². The summed E-state index contributed by atoms with van der Waals surface area (Å²) < 4.78 is 0. The lowest BCUT2D eigenvalue weighted by Crippen LogP contribution is -2.49. The smallest absolute Gasteiger partial charge is 0.243 e. The summed E-state index contributed by atoms with van der Waals surface area (Å²) in [5.74, 6) is 0.957. The molecule has 2 unspecified atom stereocenters. The van der Waals surface area contributed by atoms with Gasteiger partial charge in [0.15, 0.2) is 0 Å². The predicted molar refractivity (Wildman–Crippen MR) is 76.3 cm³/mol. The number of hydrogen-bond acceptors (Lipinski definition) is 3. The van der Waals surface area contributed by atoms with Crippen molar-refractivity contribution in [2.24, 2.45) is 5.92 Å². The van der Waals surface area contributed by atoms with Crippen LogP contribution in [0.15, 0.2) is 24.3 Å². The minimum absolute atomic E-state index is 0.0856. The third-order valence-corrected chi connectivity index (χ3v) is 3.96. The van der Waals surface area contributed by atoms with Crippen molar-refractivity contribution in [3.63, 3.8) is 0 Å². The van der Waals surface area contributed by atoms with Gasteiger partial charge in [-0.2, -0.15) is 0 Å². The normalized spacial score (nSPS) is 23.1. The van der Waals surface area contributed by atoms with Gasteiger partial charge in [0.2, 0.25) is 5.91 Å². The molecule has 2 atom stereocenters. The van der Waals surface area contributed by atoms with Gasteiger partial charge in [-0.1, -0.05) is 13.3 Å². The number of nitrogens with one attached hydrogen (secondary N) is 1. The molecule has 1 aromatic carbocycles. The first-order valence-electron chi connectivity index (χ1n) is 6.91. The molecule has 0 aromatic heterocycles. The molecule has 1 saturated heterocycles. The van der Waals surface area contributed by atoms with Crippen molar-refractivity contribution in [3.8, 4) is 5.75 Å². The van der Waals surface area contributed by atoms with E-state index in [-0.39, 0.29) is 17.7 Å². The third-order valence-electron chi connectivity index (χ3n) is 3.96. The van der Waals surface area contributed by atoms with E-state index in [1.807, 2.05) is 0 Å². The molecule has 2 rings (SSSR count). The third kappa shape index (κ3) is 3.26. The van der Waals surface area contributed by atoms with E-state index in [1.165, 1.54) is 0 Å². The van der Waals surface area contributed by atoms with E-state index < -0.39 is 0 Å². The number of nitrogens with zero attached hydrogens (tertiary/aromatic N) is 1. The average Bonchev–Trinajstić information content (AvgIpc) is 2.46. The van der Waals surface area contributed by atoms with E-state index in [9.17, 15) is 9.90 Å². The number of carbonyl (C=O) groups excluding carboxylic acids is 1. The zero-order valence-electron chi connectivity index (χ0n) is 11.6. The van der Waals surface area contributed by atoms with Crippen LogP contribution in [0.3, 0.4) is 0 Å². The van der Waals surface area contributed by atoms with Crippen molar-refractivity contribution in [2.45, 2.75) is 32.2 Å². The number of piperidine rings is 1. The highest BCUT2D eigenvalue weighted by molar-refractivity contribution is 5.96. The number of rotatable bonds is 3. The zero-order valence-corrected chi connectivity index (χ0v) is 11.6. The van der Waals surface area contributed by atoms with Crippen LogP contribution < -0.4 is 10.2 Å². The molecule has 4 heteroatoms. The van der Waals surface area contributed by atoms with Gasteiger partial charge in [-0.15, -0.1) is 0 Å². The Hall–Kier alpha value is -1.55. The standard InChI is InChI=1S/C15H22N2O2/c1-3-11-8-9-16-14(10-11)15(19)17(2)12-4-6-13(18)7-5-12/h4-7,11,14,16,18H,3,8-10H2,1-2H3. The summed E-state index contributed by atoms with van der Waals surface area (Å²) in [5, 5.41) is 12.6. The number of hydrogen-bond donors (Lipinski definition) is 2. The van der Waals surface area contributed by atoms with Gasteiger partial charge in [-0.05, 0) is 49.6 Å². The molecule has 104 valence electrons. The maximum atomic E-state index is 12.4. The Labute approximate surface area is 114 Å². The zero-order chi connectivity index (χ0) is 13.8. The van der Waals surface area contributed by atoms with Crippen LogP contribution in [-0.2, 0) is 4.79 Å². The molecule has 0 radical (unpaired) electrons. The lowest BCUT2D eigenvalue weighted by molar-refractivity contribution is -0.121. The monoisotopic (exact) mass is 262 g/mol. The molecule has 1 aliphatic heterocycles. The molecular weight excluding hydrogens is 240 g/mol. The molecule has 2 N–H and O–H groups in total. The van der Waals surface area contributed by atoms with Gasteiger partial charge in [-0.3, -0.25) is 4.79 Å². The summed E-state index contributed by atoms with van der Waals surface area (Å²) in [6.45, 7) is 3.10. The number of benzene rings is 1. The molecule has 0 saturated carbocycles. The average molecular weight is 262 g/mol. The molecule has 1 heterocycles. The highest BCUT2D eigenvalue weighted by Gasteiger charge is 2.28. The van der Waals surface area contributed by atoms with E-state index >= 15 is 0 Å². The fraction of sp³-hybridized carbons (Fsp3) is 0.533. The summed E-state index contributed by atoms with van der Waals surface area (Å²) in [7, 11) is 1.78. The Morgan fingerprint density at radius 1 is 1.42 bits per heavy atom. The van der Waals surface area contributed by atoms with Gasteiger partial charge in [-0.25, -0.2) is 0 Å². The quantitative estimate of drug-likeness (QED) is 0.877. The molecule has 1 amide bonds. The van der Waals surface area contributed by atoms with Gasteiger partial charge in [0, 0.05) is 12.7 Å². The summed E-state index contributed by atoms with van der Waals surface area (Å²) in [4.78, 5) is 14.1. The van der Waals surface area contributed by atoms with Crippen LogP contribution in [0.2, 0.25) is 0 Å². The van der Waals surface area contributed by atoms with Gasteiger partial charge >= 0.3 is 0 Å². The van der Waals surface area contributed by atoms with Crippen molar-refractivity contribution in [2.75, 3.05) is 18.5 Å². The first-order chi connectivity index (χ1) is 9.11. The fourth-order valence-electron chi connectivity index (χ4n) is 2.59. The first kappa shape index (κ1) is 13.9. The maximum Gasteiger partial charge on any atom is 0.243 e. The topological polar surface area (TPSA) is 52.6 Å². The molecule has 1 aromatic rings. The van der Waals surface area contributed by atoms with Crippen LogP contribution in [0, 0.1) is 5.92 Å². The summed E-state index contributed by atoms with van der Waals surface area (Å²) in [6, 6.07) is 6.63. The number of phenolic OH excluding ortho intramolecular Hbond substituents is 1. The van der Waals surface area contributed by atoms with Crippen molar-refractivity contribution >= 4 is 11.6 Å². The number of phenols is 1. The van der Waals surface area contributed by atoms with Crippen molar-refractivity contribution in [3.05, 3.63) is 24.3 Å².